The fraction of sp³-hybridized carbons (Fsp3) is 0.875. The van der Waals surface area contributed by atoms with E-state index in [0.29, 0.717) is 18.5 Å². The summed E-state index contributed by atoms with van der Waals surface area (Å²) in [4.78, 5) is 26.6. The van der Waals surface area contributed by atoms with Gasteiger partial charge in [-0.15, -0.1) is 0 Å². The van der Waals surface area contributed by atoms with Crippen LogP contribution < -0.4 is 5.32 Å². The second kappa shape index (κ2) is 5.84. The lowest BCUT2D eigenvalue weighted by Gasteiger charge is -2.34. The SMILES string of the molecule is CCC1CCCNC1CN1C(=O)C2CCCCC2C1=O. The molecule has 0 aromatic rings. The van der Waals surface area contributed by atoms with Gasteiger partial charge in [0.1, 0.15) is 0 Å². The van der Waals surface area contributed by atoms with E-state index in [-0.39, 0.29) is 23.7 Å². The Morgan fingerprint density at radius 2 is 1.70 bits per heavy atom. The van der Waals surface area contributed by atoms with Crippen molar-refractivity contribution in [2.45, 2.75) is 57.9 Å². The standard InChI is InChI=1S/C16H26N2O2/c1-2-11-6-5-9-17-14(11)10-18-15(19)12-7-3-4-8-13(12)16(18)20/h11-14,17H,2-10H2,1H3. The molecule has 4 heteroatoms. The van der Waals surface area contributed by atoms with Crippen molar-refractivity contribution in [2.24, 2.45) is 17.8 Å². The number of nitrogens with zero attached hydrogens (tertiary/aromatic N) is 1. The number of hydrogen-bond donors (Lipinski definition) is 1. The van der Waals surface area contributed by atoms with Crippen LogP contribution in [0.3, 0.4) is 0 Å². The summed E-state index contributed by atoms with van der Waals surface area (Å²) in [6, 6.07) is 0.307. The molecule has 2 saturated heterocycles. The van der Waals surface area contributed by atoms with E-state index in [2.05, 4.69) is 12.2 Å². The fourth-order valence-corrected chi connectivity index (χ4v) is 4.33. The van der Waals surface area contributed by atoms with Gasteiger partial charge in [0, 0.05) is 12.6 Å². The third kappa shape index (κ3) is 2.39. The van der Waals surface area contributed by atoms with Crippen molar-refractivity contribution in [2.75, 3.05) is 13.1 Å². The number of carbonyl (C=O) groups is 2. The molecule has 4 atom stereocenters. The molecule has 0 spiro atoms. The van der Waals surface area contributed by atoms with Gasteiger partial charge in [0.25, 0.3) is 0 Å². The Morgan fingerprint density at radius 1 is 1.05 bits per heavy atom. The second-order valence-electron chi connectivity index (χ2n) is 6.66. The first kappa shape index (κ1) is 14.1. The number of likely N-dealkylation sites (tertiary alicyclic amines) is 1. The molecular formula is C16H26N2O2. The zero-order chi connectivity index (χ0) is 14.1. The van der Waals surface area contributed by atoms with E-state index >= 15 is 0 Å². The molecule has 2 heterocycles. The van der Waals surface area contributed by atoms with Crippen LogP contribution in [0.25, 0.3) is 0 Å². The largest absolute Gasteiger partial charge is 0.312 e. The molecule has 0 aromatic heterocycles. The minimum Gasteiger partial charge on any atom is -0.312 e. The van der Waals surface area contributed by atoms with Crippen molar-refractivity contribution in [3.8, 4) is 0 Å². The van der Waals surface area contributed by atoms with Gasteiger partial charge in [-0.1, -0.05) is 26.2 Å². The van der Waals surface area contributed by atoms with Gasteiger partial charge in [0.15, 0.2) is 0 Å². The van der Waals surface area contributed by atoms with Crippen LogP contribution in [0, 0.1) is 17.8 Å². The van der Waals surface area contributed by atoms with E-state index < -0.39 is 0 Å². The van der Waals surface area contributed by atoms with Crippen LogP contribution in [0.5, 0.6) is 0 Å². The van der Waals surface area contributed by atoms with Crippen molar-refractivity contribution in [3.05, 3.63) is 0 Å². The highest BCUT2D eigenvalue weighted by Gasteiger charge is 2.48. The Labute approximate surface area is 121 Å². The Balaban J connectivity index is 1.70. The Bertz CT molecular complexity index is 372. The van der Waals surface area contributed by atoms with Crippen LogP contribution in [0.15, 0.2) is 0 Å². The number of imide groups is 1. The predicted octanol–water partition coefficient (Wildman–Crippen LogP) is 1.94. The highest BCUT2D eigenvalue weighted by molar-refractivity contribution is 6.05. The van der Waals surface area contributed by atoms with Crippen LogP contribution in [-0.4, -0.2) is 35.8 Å². The third-order valence-corrected chi connectivity index (χ3v) is 5.56. The number of hydrogen-bond acceptors (Lipinski definition) is 3. The zero-order valence-corrected chi connectivity index (χ0v) is 12.4. The van der Waals surface area contributed by atoms with Gasteiger partial charge in [0.2, 0.25) is 11.8 Å². The number of piperidine rings is 1. The third-order valence-electron chi connectivity index (χ3n) is 5.56. The summed E-state index contributed by atoms with van der Waals surface area (Å²) in [6.45, 7) is 3.82. The van der Waals surface area contributed by atoms with Crippen LogP contribution >= 0.6 is 0 Å². The highest BCUT2D eigenvalue weighted by atomic mass is 16.2. The predicted molar refractivity (Wildman–Crippen MR) is 77.0 cm³/mol. The molecule has 112 valence electrons. The first-order valence-electron chi connectivity index (χ1n) is 8.31. The number of amides is 2. The molecule has 0 radical (unpaired) electrons. The van der Waals surface area contributed by atoms with Crippen LogP contribution in [-0.2, 0) is 9.59 Å². The Kier molecular flexibility index (Phi) is 4.11. The summed E-state index contributed by atoms with van der Waals surface area (Å²) >= 11 is 0. The maximum atomic E-state index is 12.5. The zero-order valence-electron chi connectivity index (χ0n) is 12.4. The molecule has 1 N–H and O–H groups in total. The van der Waals surface area contributed by atoms with Crippen molar-refractivity contribution in [1.82, 2.24) is 10.2 Å². The molecule has 3 rings (SSSR count). The van der Waals surface area contributed by atoms with Crippen molar-refractivity contribution in [1.29, 1.82) is 0 Å². The quantitative estimate of drug-likeness (QED) is 0.803. The molecular weight excluding hydrogens is 252 g/mol. The first-order valence-corrected chi connectivity index (χ1v) is 8.31. The lowest BCUT2D eigenvalue weighted by atomic mass is 9.81. The molecule has 0 aromatic carbocycles. The summed E-state index contributed by atoms with van der Waals surface area (Å²) < 4.78 is 0. The maximum Gasteiger partial charge on any atom is 0.233 e. The Hall–Kier alpha value is -0.900. The van der Waals surface area contributed by atoms with E-state index in [4.69, 9.17) is 0 Å². The van der Waals surface area contributed by atoms with Gasteiger partial charge in [0.05, 0.1) is 11.8 Å². The maximum absolute atomic E-state index is 12.5. The lowest BCUT2D eigenvalue weighted by Crippen LogP contribution is -2.50. The molecule has 2 aliphatic heterocycles. The number of rotatable bonds is 3. The van der Waals surface area contributed by atoms with Gasteiger partial charge in [-0.25, -0.2) is 0 Å². The summed E-state index contributed by atoms with van der Waals surface area (Å²) in [5, 5.41) is 3.52. The van der Waals surface area contributed by atoms with Gasteiger partial charge >= 0.3 is 0 Å². The summed E-state index contributed by atoms with van der Waals surface area (Å²) in [5.41, 5.74) is 0. The highest BCUT2D eigenvalue weighted by Crippen LogP contribution is 2.38. The van der Waals surface area contributed by atoms with Crippen molar-refractivity contribution in [3.63, 3.8) is 0 Å². The van der Waals surface area contributed by atoms with Crippen LogP contribution in [0.2, 0.25) is 0 Å². The average Bonchev–Trinajstić information content (AvgIpc) is 2.73. The molecule has 1 aliphatic carbocycles. The van der Waals surface area contributed by atoms with E-state index in [1.54, 1.807) is 4.90 Å². The number of fused-ring (bicyclic) bond motifs is 1. The minimum absolute atomic E-state index is 0.0000768. The van der Waals surface area contributed by atoms with Gasteiger partial charge < -0.3 is 5.32 Å². The fourth-order valence-electron chi connectivity index (χ4n) is 4.33. The molecule has 20 heavy (non-hydrogen) atoms. The Morgan fingerprint density at radius 3 is 2.30 bits per heavy atom. The van der Waals surface area contributed by atoms with Gasteiger partial charge in [-0.3, -0.25) is 14.5 Å². The van der Waals surface area contributed by atoms with Crippen molar-refractivity contribution < 1.29 is 9.59 Å². The molecule has 3 aliphatic rings. The number of carbonyl (C=O) groups excluding carboxylic acids is 2. The van der Waals surface area contributed by atoms with Gasteiger partial charge in [-0.05, 0) is 38.1 Å². The monoisotopic (exact) mass is 278 g/mol. The molecule has 2 amide bonds. The van der Waals surface area contributed by atoms with Crippen LogP contribution in [0.1, 0.15) is 51.9 Å². The molecule has 4 unspecified atom stereocenters. The molecule has 3 fully saturated rings. The van der Waals surface area contributed by atoms with Crippen molar-refractivity contribution >= 4 is 11.8 Å². The smallest absolute Gasteiger partial charge is 0.233 e. The second-order valence-corrected chi connectivity index (χ2v) is 6.66. The average molecular weight is 278 g/mol. The minimum atomic E-state index is -0.0000768. The van der Waals surface area contributed by atoms with E-state index in [1.165, 1.54) is 12.8 Å². The summed E-state index contributed by atoms with van der Waals surface area (Å²) in [5.74, 6) is 0.829. The van der Waals surface area contributed by atoms with E-state index in [9.17, 15) is 9.59 Å². The van der Waals surface area contributed by atoms with Crippen LogP contribution in [0.4, 0.5) is 0 Å². The molecule has 0 bridgehead atoms. The molecule has 4 nitrogen and oxygen atoms in total. The topological polar surface area (TPSA) is 49.4 Å². The molecule has 1 saturated carbocycles. The van der Waals surface area contributed by atoms with E-state index in [0.717, 1.165) is 38.6 Å². The lowest BCUT2D eigenvalue weighted by molar-refractivity contribution is -0.140. The first-order chi connectivity index (χ1) is 9.72. The summed E-state index contributed by atoms with van der Waals surface area (Å²) in [6.07, 6.45) is 7.60. The number of nitrogens with one attached hydrogen (secondary N) is 1. The van der Waals surface area contributed by atoms with Gasteiger partial charge in [-0.2, -0.15) is 0 Å². The normalized spacial score (nSPS) is 38.1. The summed E-state index contributed by atoms with van der Waals surface area (Å²) in [7, 11) is 0. The van der Waals surface area contributed by atoms with E-state index in [1.807, 2.05) is 0 Å².